The molecular weight excluding hydrogens is 353 g/mol. The zero-order valence-electron chi connectivity index (χ0n) is 15.1. The number of rotatable bonds is 4. The quantitative estimate of drug-likeness (QED) is 0.860. The van der Waals surface area contributed by atoms with E-state index in [4.69, 9.17) is 11.6 Å². The Hall–Kier alpha value is -2.11. The van der Waals surface area contributed by atoms with Crippen molar-refractivity contribution >= 4 is 28.9 Å². The number of amides is 1. The molecule has 0 radical (unpaired) electrons. The Kier molecular flexibility index (Phi) is 5.79. The molecule has 0 bridgehead atoms. The molecule has 1 aliphatic heterocycles. The number of nitrogens with zero attached hydrogens (tertiary/aromatic N) is 1. The SMILES string of the molecule is Cc1cc(C)c(NC(=O)C[NH+]2CCN(c3ccc(F)cc3)CC2)c(Cl)c1. The van der Waals surface area contributed by atoms with Crippen LogP contribution in [0.3, 0.4) is 0 Å². The lowest BCUT2D eigenvalue weighted by molar-refractivity contribution is -0.892. The third-order valence-electron chi connectivity index (χ3n) is 4.77. The standard InChI is InChI=1S/C20H23ClFN3O/c1-14-11-15(2)20(18(21)12-14)23-19(26)13-24-7-9-25(10-8-24)17-5-3-16(22)4-6-17/h3-6,11-12H,7-10,13H2,1-2H3,(H,23,26)/p+1. The molecule has 2 aromatic carbocycles. The molecule has 2 N–H and O–H groups in total. The van der Waals surface area contributed by atoms with Gasteiger partial charge in [0.05, 0.1) is 36.9 Å². The molecular formula is C20H24ClFN3O+. The molecule has 1 amide bonds. The summed E-state index contributed by atoms with van der Waals surface area (Å²) in [4.78, 5) is 15.9. The maximum absolute atomic E-state index is 13.0. The second-order valence-corrected chi connectivity index (χ2v) is 7.28. The van der Waals surface area contributed by atoms with Gasteiger partial charge in [-0.15, -0.1) is 0 Å². The van der Waals surface area contributed by atoms with E-state index in [2.05, 4.69) is 10.2 Å². The second kappa shape index (κ2) is 8.06. The molecule has 138 valence electrons. The van der Waals surface area contributed by atoms with Gasteiger partial charge < -0.3 is 15.1 Å². The van der Waals surface area contributed by atoms with Crippen molar-refractivity contribution < 1.29 is 14.1 Å². The molecule has 2 aromatic rings. The second-order valence-electron chi connectivity index (χ2n) is 6.88. The normalized spacial score (nSPS) is 15.2. The first-order valence-electron chi connectivity index (χ1n) is 8.83. The number of benzene rings is 2. The van der Waals surface area contributed by atoms with Crippen LogP contribution in [0.5, 0.6) is 0 Å². The zero-order valence-corrected chi connectivity index (χ0v) is 15.9. The van der Waals surface area contributed by atoms with E-state index < -0.39 is 0 Å². The van der Waals surface area contributed by atoms with Gasteiger partial charge in [-0.05, 0) is 55.3 Å². The maximum atomic E-state index is 13.0. The topological polar surface area (TPSA) is 36.8 Å². The van der Waals surface area contributed by atoms with Gasteiger partial charge in [0.1, 0.15) is 5.82 Å². The average Bonchev–Trinajstić information content (AvgIpc) is 2.59. The molecule has 4 nitrogen and oxygen atoms in total. The van der Waals surface area contributed by atoms with E-state index in [1.54, 1.807) is 12.1 Å². The fraction of sp³-hybridized carbons (Fsp3) is 0.350. The zero-order chi connectivity index (χ0) is 18.7. The minimum atomic E-state index is -0.222. The molecule has 0 atom stereocenters. The number of aryl methyl sites for hydroxylation is 2. The highest BCUT2D eigenvalue weighted by atomic mass is 35.5. The monoisotopic (exact) mass is 376 g/mol. The number of carbonyl (C=O) groups excluding carboxylic acids is 1. The Morgan fingerprint density at radius 3 is 2.46 bits per heavy atom. The predicted octanol–water partition coefficient (Wildman–Crippen LogP) is 2.44. The number of carbonyl (C=O) groups is 1. The molecule has 0 aliphatic carbocycles. The van der Waals surface area contributed by atoms with Crippen molar-refractivity contribution in [3.63, 3.8) is 0 Å². The van der Waals surface area contributed by atoms with Crippen LogP contribution in [0.25, 0.3) is 0 Å². The van der Waals surface area contributed by atoms with E-state index in [0.29, 0.717) is 17.3 Å². The number of quaternary nitrogens is 1. The highest BCUT2D eigenvalue weighted by Gasteiger charge is 2.23. The van der Waals surface area contributed by atoms with Crippen molar-refractivity contribution in [1.29, 1.82) is 0 Å². The smallest absolute Gasteiger partial charge is 0.279 e. The molecule has 3 rings (SSSR count). The molecule has 0 aromatic heterocycles. The summed E-state index contributed by atoms with van der Waals surface area (Å²) < 4.78 is 13.0. The number of anilines is 2. The van der Waals surface area contributed by atoms with E-state index in [1.165, 1.54) is 17.0 Å². The van der Waals surface area contributed by atoms with Crippen LogP contribution in [0.1, 0.15) is 11.1 Å². The minimum Gasteiger partial charge on any atom is -0.360 e. The number of halogens is 2. The van der Waals surface area contributed by atoms with Crippen molar-refractivity contribution in [3.05, 3.63) is 58.4 Å². The Balaban J connectivity index is 1.53. The van der Waals surface area contributed by atoms with Gasteiger partial charge in [-0.3, -0.25) is 4.79 Å². The fourth-order valence-corrected chi connectivity index (χ4v) is 3.76. The van der Waals surface area contributed by atoms with Gasteiger partial charge in [0, 0.05) is 5.69 Å². The summed E-state index contributed by atoms with van der Waals surface area (Å²) in [6.45, 7) is 7.77. The average molecular weight is 377 g/mol. The number of hydrogen-bond donors (Lipinski definition) is 2. The van der Waals surface area contributed by atoms with E-state index in [9.17, 15) is 9.18 Å². The summed E-state index contributed by atoms with van der Waals surface area (Å²) in [7, 11) is 0. The van der Waals surface area contributed by atoms with Gasteiger partial charge in [0.25, 0.3) is 5.91 Å². The van der Waals surface area contributed by atoms with E-state index >= 15 is 0 Å². The summed E-state index contributed by atoms with van der Waals surface area (Å²) >= 11 is 6.26. The third-order valence-corrected chi connectivity index (χ3v) is 5.07. The first-order chi connectivity index (χ1) is 12.4. The van der Waals surface area contributed by atoms with Crippen LogP contribution >= 0.6 is 11.6 Å². The van der Waals surface area contributed by atoms with Crippen LogP contribution in [0.2, 0.25) is 5.02 Å². The summed E-state index contributed by atoms with van der Waals surface area (Å²) in [6, 6.07) is 10.4. The number of nitrogens with one attached hydrogen (secondary N) is 2. The summed E-state index contributed by atoms with van der Waals surface area (Å²) in [5.74, 6) is -0.246. The molecule has 6 heteroatoms. The molecule has 26 heavy (non-hydrogen) atoms. The third kappa shape index (κ3) is 4.54. The molecule has 0 saturated carbocycles. The summed E-state index contributed by atoms with van der Waals surface area (Å²) in [5, 5.41) is 3.53. The highest BCUT2D eigenvalue weighted by molar-refractivity contribution is 6.34. The van der Waals surface area contributed by atoms with Crippen LogP contribution in [0.4, 0.5) is 15.8 Å². The van der Waals surface area contributed by atoms with Crippen LogP contribution < -0.4 is 15.1 Å². The predicted molar refractivity (Wildman–Crippen MR) is 104 cm³/mol. The first kappa shape index (κ1) is 18.7. The van der Waals surface area contributed by atoms with Gasteiger partial charge >= 0.3 is 0 Å². The Morgan fingerprint density at radius 1 is 1.19 bits per heavy atom. The van der Waals surface area contributed by atoms with E-state index in [-0.39, 0.29) is 11.7 Å². The Labute approximate surface area is 158 Å². The van der Waals surface area contributed by atoms with Crippen LogP contribution in [0, 0.1) is 19.7 Å². The lowest BCUT2D eigenvalue weighted by atomic mass is 10.1. The van der Waals surface area contributed by atoms with Gasteiger partial charge in [-0.25, -0.2) is 4.39 Å². The Bertz CT molecular complexity index is 763. The van der Waals surface area contributed by atoms with E-state index in [1.807, 2.05) is 26.0 Å². The molecule has 1 heterocycles. The molecule has 1 saturated heterocycles. The largest absolute Gasteiger partial charge is 0.360 e. The van der Waals surface area contributed by atoms with Gasteiger partial charge in [-0.1, -0.05) is 17.7 Å². The highest BCUT2D eigenvalue weighted by Crippen LogP contribution is 2.27. The first-order valence-corrected chi connectivity index (χ1v) is 9.21. The van der Waals surface area contributed by atoms with Crippen molar-refractivity contribution in [1.82, 2.24) is 0 Å². The Morgan fingerprint density at radius 2 is 1.85 bits per heavy atom. The van der Waals surface area contributed by atoms with Crippen LogP contribution in [0.15, 0.2) is 36.4 Å². The van der Waals surface area contributed by atoms with Crippen molar-refractivity contribution in [2.45, 2.75) is 13.8 Å². The van der Waals surface area contributed by atoms with Crippen molar-refractivity contribution in [3.8, 4) is 0 Å². The van der Waals surface area contributed by atoms with Crippen LogP contribution in [-0.4, -0.2) is 38.6 Å². The lowest BCUT2D eigenvalue weighted by Gasteiger charge is -2.33. The van der Waals surface area contributed by atoms with Crippen molar-refractivity contribution in [2.75, 3.05) is 42.9 Å². The number of piperazine rings is 1. The van der Waals surface area contributed by atoms with Gasteiger partial charge in [0.2, 0.25) is 0 Å². The van der Waals surface area contributed by atoms with E-state index in [0.717, 1.165) is 43.0 Å². The van der Waals surface area contributed by atoms with Gasteiger partial charge in [0.15, 0.2) is 6.54 Å². The fourth-order valence-electron chi connectivity index (χ4n) is 3.39. The minimum absolute atomic E-state index is 0.0240. The molecule has 1 aliphatic rings. The molecule has 1 fully saturated rings. The lowest BCUT2D eigenvalue weighted by Crippen LogP contribution is -3.15. The van der Waals surface area contributed by atoms with Gasteiger partial charge in [-0.2, -0.15) is 0 Å². The summed E-state index contributed by atoms with van der Waals surface area (Å²) in [6.07, 6.45) is 0. The number of hydrogen-bond acceptors (Lipinski definition) is 2. The molecule has 0 unspecified atom stereocenters. The van der Waals surface area contributed by atoms with Crippen LogP contribution in [-0.2, 0) is 4.79 Å². The molecule has 0 spiro atoms. The maximum Gasteiger partial charge on any atom is 0.279 e. The summed E-state index contributed by atoms with van der Waals surface area (Å²) in [5.41, 5.74) is 3.77. The van der Waals surface area contributed by atoms with Crippen molar-refractivity contribution in [2.24, 2.45) is 0 Å².